The number of nitrogens with zero attached hydrogens (tertiary/aromatic N) is 2. The fraction of sp³-hybridized carbons (Fsp3) is 0.0476. The van der Waals surface area contributed by atoms with Gasteiger partial charge in [-0.15, -0.1) is 0 Å². The molecule has 7 nitrogen and oxygen atoms in total. The maximum atomic E-state index is 12.3. The lowest BCUT2D eigenvalue weighted by Crippen LogP contribution is -2.13. The number of benzene rings is 2. The molecule has 3 rings (SSSR count). The van der Waals surface area contributed by atoms with Crippen LogP contribution in [0.5, 0.6) is 0 Å². The highest BCUT2D eigenvalue weighted by atomic mass is 16.6. The quantitative estimate of drug-likeness (QED) is 0.301. The van der Waals surface area contributed by atoms with Gasteiger partial charge in [-0.1, -0.05) is 24.3 Å². The molecule has 0 radical (unpaired) electrons. The van der Waals surface area contributed by atoms with Crippen LogP contribution in [0.4, 0.5) is 11.4 Å². The van der Waals surface area contributed by atoms with Gasteiger partial charge in [0.15, 0.2) is 0 Å². The molecule has 0 unspecified atom stereocenters. The maximum absolute atomic E-state index is 12.3. The molecule has 1 aromatic heterocycles. The lowest BCUT2D eigenvalue weighted by atomic mass is 10.1. The monoisotopic (exact) mass is 373 g/mol. The summed E-state index contributed by atoms with van der Waals surface area (Å²) in [7, 11) is 0. The van der Waals surface area contributed by atoms with Crippen molar-refractivity contribution in [2.75, 3.05) is 5.32 Å². The van der Waals surface area contributed by atoms with Gasteiger partial charge in [0.1, 0.15) is 23.2 Å². The predicted octanol–water partition coefficient (Wildman–Crippen LogP) is 4.71. The summed E-state index contributed by atoms with van der Waals surface area (Å²) in [6.45, 7) is 1.90. The van der Waals surface area contributed by atoms with Crippen LogP contribution in [0.25, 0.3) is 17.4 Å². The Morgan fingerprint density at radius 2 is 1.96 bits per heavy atom. The molecule has 1 heterocycles. The third kappa shape index (κ3) is 4.31. The number of hydrogen-bond donors (Lipinski definition) is 1. The zero-order chi connectivity index (χ0) is 20.1. The SMILES string of the molecule is Cc1cccc(NC(=O)/C(C#N)=C\c2ccc(-c3cccc([N+](=O)[O-])c3)o2)c1. The number of aryl methyl sites for hydroxylation is 1. The van der Waals surface area contributed by atoms with Crippen LogP contribution in [-0.4, -0.2) is 10.8 Å². The van der Waals surface area contributed by atoms with Crippen LogP contribution in [-0.2, 0) is 4.79 Å². The molecule has 2 aromatic carbocycles. The minimum atomic E-state index is -0.554. The fourth-order valence-corrected chi connectivity index (χ4v) is 2.57. The van der Waals surface area contributed by atoms with Crippen molar-refractivity contribution >= 4 is 23.4 Å². The molecule has 1 amide bonds. The normalized spacial score (nSPS) is 10.9. The number of anilines is 1. The molecule has 0 saturated carbocycles. The first-order valence-corrected chi connectivity index (χ1v) is 8.31. The van der Waals surface area contributed by atoms with Gasteiger partial charge in [-0.05, 0) is 36.8 Å². The number of rotatable bonds is 5. The number of carbonyl (C=O) groups excluding carboxylic acids is 1. The highest BCUT2D eigenvalue weighted by Crippen LogP contribution is 2.26. The number of furan rings is 1. The van der Waals surface area contributed by atoms with E-state index in [0.29, 0.717) is 17.0 Å². The average molecular weight is 373 g/mol. The van der Waals surface area contributed by atoms with E-state index in [1.54, 1.807) is 42.5 Å². The molecule has 0 fully saturated rings. The van der Waals surface area contributed by atoms with E-state index in [4.69, 9.17) is 4.42 Å². The number of nitro benzene ring substituents is 1. The van der Waals surface area contributed by atoms with Crippen LogP contribution in [0.1, 0.15) is 11.3 Å². The van der Waals surface area contributed by atoms with Crippen LogP contribution < -0.4 is 5.32 Å². The Bertz CT molecular complexity index is 1120. The molecule has 28 heavy (non-hydrogen) atoms. The van der Waals surface area contributed by atoms with Gasteiger partial charge in [0.25, 0.3) is 11.6 Å². The van der Waals surface area contributed by atoms with E-state index in [2.05, 4.69) is 5.32 Å². The minimum Gasteiger partial charge on any atom is -0.457 e. The summed E-state index contributed by atoms with van der Waals surface area (Å²) >= 11 is 0. The van der Waals surface area contributed by atoms with E-state index < -0.39 is 10.8 Å². The largest absolute Gasteiger partial charge is 0.457 e. The van der Waals surface area contributed by atoms with Crippen LogP contribution in [0, 0.1) is 28.4 Å². The lowest BCUT2D eigenvalue weighted by Gasteiger charge is -2.04. The minimum absolute atomic E-state index is 0.0544. The predicted molar refractivity (Wildman–Crippen MR) is 104 cm³/mol. The molecule has 0 aliphatic rings. The highest BCUT2D eigenvalue weighted by Gasteiger charge is 2.13. The lowest BCUT2D eigenvalue weighted by molar-refractivity contribution is -0.384. The first kappa shape index (κ1) is 18.6. The molecular formula is C21H15N3O4. The number of amides is 1. The number of carbonyl (C=O) groups is 1. The Morgan fingerprint density at radius 1 is 1.18 bits per heavy atom. The molecule has 138 valence electrons. The van der Waals surface area contributed by atoms with Crippen molar-refractivity contribution < 1.29 is 14.1 Å². The van der Waals surface area contributed by atoms with Crippen LogP contribution >= 0.6 is 0 Å². The van der Waals surface area contributed by atoms with Crippen molar-refractivity contribution in [3.63, 3.8) is 0 Å². The fourth-order valence-electron chi connectivity index (χ4n) is 2.57. The van der Waals surface area contributed by atoms with Crippen molar-refractivity contribution in [3.8, 4) is 17.4 Å². The summed E-state index contributed by atoms with van der Waals surface area (Å²) < 4.78 is 5.63. The van der Waals surface area contributed by atoms with Crippen molar-refractivity contribution in [1.29, 1.82) is 5.26 Å². The van der Waals surface area contributed by atoms with Gasteiger partial charge >= 0.3 is 0 Å². The summed E-state index contributed by atoms with van der Waals surface area (Å²) in [5.41, 5.74) is 1.91. The molecule has 0 aliphatic carbocycles. The number of nitro groups is 1. The van der Waals surface area contributed by atoms with Gasteiger partial charge in [-0.3, -0.25) is 14.9 Å². The molecule has 0 saturated heterocycles. The first-order chi connectivity index (χ1) is 13.5. The number of nitrogens with one attached hydrogen (secondary N) is 1. The standard InChI is InChI=1S/C21H15N3O4/c1-14-4-2-6-17(10-14)23-21(25)16(13-22)12-19-8-9-20(28-19)15-5-3-7-18(11-15)24(26)27/h2-12H,1H3,(H,23,25)/b16-12-. The molecule has 7 heteroatoms. The summed E-state index contributed by atoms with van der Waals surface area (Å²) in [6.07, 6.45) is 1.33. The van der Waals surface area contributed by atoms with Gasteiger partial charge in [0.2, 0.25) is 0 Å². The molecule has 0 atom stereocenters. The number of nitriles is 1. The van der Waals surface area contributed by atoms with Crippen molar-refractivity contribution in [2.24, 2.45) is 0 Å². The van der Waals surface area contributed by atoms with Crippen molar-refractivity contribution in [1.82, 2.24) is 0 Å². The molecule has 1 N–H and O–H groups in total. The topological polar surface area (TPSA) is 109 Å². The second-order valence-electron chi connectivity index (χ2n) is 6.00. The van der Waals surface area contributed by atoms with E-state index in [-0.39, 0.29) is 17.0 Å². The highest BCUT2D eigenvalue weighted by molar-refractivity contribution is 6.09. The van der Waals surface area contributed by atoms with Crippen molar-refractivity contribution in [3.05, 3.63) is 87.7 Å². The van der Waals surface area contributed by atoms with E-state index in [1.165, 1.54) is 18.2 Å². The van der Waals surface area contributed by atoms with Crippen LogP contribution in [0.15, 0.2) is 70.7 Å². The molecule has 0 bridgehead atoms. The van der Waals surface area contributed by atoms with E-state index in [9.17, 15) is 20.2 Å². The molecule has 3 aromatic rings. The van der Waals surface area contributed by atoms with Gasteiger partial charge in [-0.25, -0.2) is 0 Å². The first-order valence-electron chi connectivity index (χ1n) is 8.31. The zero-order valence-corrected chi connectivity index (χ0v) is 14.9. The summed E-state index contributed by atoms with van der Waals surface area (Å²) in [6, 6.07) is 18.3. The number of non-ortho nitro benzene ring substituents is 1. The van der Waals surface area contributed by atoms with E-state index in [1.807, 2.05) is 19.1 Å². The van der Waals surface area contributed by atoms with Gasteiger partial charge in [-0.2, -0.15) is 5.26 Å². The Balaban J connectivity index is 1.82. The Labute approximate surface area is 160 Å². The summed E-state index contributed by atoms with van der Waals surface area (Å²) in [4.78, 5) is 22.8. The van der Waals surface area contributed by atoms with Crippen LogP contribution in [0.3, 0.4) is 0 Å². The van der Waals surface area contributed by atoms with Crippen LogP contribution in [0.2, 0.25) is 0 Å². The Morgan fingerprint density at radius 3 is 2.68 bits per heavy atom. The van der Waals surface area contributed by atoms with Gasteiger partial charge in [0, 0.05) is 29.5 Å². The third-order valence-electron chi connectivity index (χ3n) is 3.90. The molecule has 0 aliphatic heterocycles. The molecular weight excluding hydrogens is 358 g/mol. The molecule has 0 spiro atoms. The Hall–Kier alpha value is -4.18. The number of hydrogen-bond acceptors (Lipinski definition) is 5. The Kier molecular flexibility index (Phi) is 5.33. The summed E-state index contributed by atoms with van der Waals surface area (Å²) in [5, 5.41) is 22.9. The van der Waals surface area contributed by atoms with Gasteiger partial charge in [0.05, 0.1) is 4.92 Å². The van der Waals surface area contributed by atoms with Crippen molar-refractivity contribution in [2.45, 2.75) is 6.92 Å². The smallest absolute Gasteiger partial charge is 0.270 e. The second kappa shape index (κ2) is 8.01. The maximum Gasteiger partial charge on any atom is 0.270 e. The zero-order valence-electron chi connectivity index (χ0n) is 14.9. The van der Waals surface area contributed by atoms with E-state index >= 15 is 0 Å². The van der Waals surface area contributed by atoms with E-state index in [0.717, 1.165) is 5.56 Å². The van der Waals surface area contributed by atoms with Gasteiger partial charge < -0.3 is 9.73 Å². The second-order valence-corrected chi connectivity index (χ2v) is 6.00. The third-order valence-corrected chi connectivity index (χ3v) is 3.90. The summed E-state index contributed by atoms with van der Waals surface area (Å²) in [5.74, 6) is 0.130. The average Bonchev–Trinajstić information content (AvgIpc) is 3.15.